The molecule has 4 heteroatoms. The lowest BCUT2D eigenvalue weighted by atomic mass is 10.0. The third kappa shape index (κ3) is 2.90. The fourth-order valence-corrected chi connectivity index (χ4v) is 2.20. The quantitative estimate of drug-likeness (QED) is 0.914. The molecule has 19 heavy (non-hydrogen) atoms. The molecule has 0 amide bonds. The molecule has 4 nitrogen and oxygen atoms in total. The number of methoxy groups -OCH3 is 1. The van der Waals surface area contributed by atoms with Gasteiger partial charge in [-0.15, -0.1) is 0 Å². The maximum absolute atomic E-state index is 8.94. The number of aliphatic hydroxyl groups is 1. The van der Waals surface area contributed by atoms with Crippen molar-refractivity contribution >= 4 is 0 Å². The van der Waals surface area contributed by atoms with Gasteiger partial charge in [0, 0.05) is 18.2 Å². The van der Waals surface area contributed by atoms with Crippen molar-refractivity contribution in [3.63, 3.8) is 0 Å². The molecule has 2 aromatic rings. The molecule has 0 saturated heterocycles. The van der Waals surface area contributed by atoms with Crippen molar-refractivity contribution in [1.82, 2.24) is 9.97 Å². The van der Waals surface area contributed by atoms with E-state index in [0.29, 0.717) is 12.2 Å². The number of hydrogen-bond donors (Lipinski definition) is 1. The Morgan fingerprint density at radius 3 is 2.47 bits per heavy atom. The molecule has 0 unspecified atom stereocenters. The van der Waals surface area contributed by atoms with E-state index in [0.717, 1.165) is 28.1 Å². The third-order valence-electron chi connectivity index (χ3n) is 3.00. The minimum Gasteiger partial charge on any atom is -0.496 e. The minimum absolute atomic E-state index is 0.0596. The van der Waals surface area contributed by atoms with Gasteiger partial charge in [-0.25, -0.2) is 9.97 Å². The SMILES string of the molecule is COc1c(C)cc(-c2ccnc(CCO)n2)cc1C. The summed E-state index contributed by atoms with van der Waals surface area (Å²) in [6.07, 6.45) is 2.20. The Balaban J connectivity index is 2.44. The molecule has 1 aromatic heterocycles. The number of rotatable bonds is 4. The van der Waals surface area contributed by atoms with Gasteiger partial charge in [0.1, 0.15) is 11.6 Å². The molecule has 1 heterocycles. The molecule has 0 saturated carbocycles. The molecule has 0 atom stereocenters. The Kier molecular flexibility index (Phi) is 4.12. The molecule has 0 radical (unpaired) electrons. The smallest absolute Gasteiger partial charge is 0.131 e. The van der Waals surface area contributed by atoms with E-state index in [4.69, 9.17) is 9.84 Å². The topological polar surface area (TPSA) is 55.2 Å². The van der Waals surface area contributed by atoms with Gasteiger partial charge in [-0.05, 0) is 43.2 Å². The predicted octanol–water partition coefficient (Wildman–Crippen LogP) is 2.30. The molecule has 0 aliphatic rings. The summed E-state index contributed by atoms with van der Waals surface area (Å²) in [4.78, 5) is 8.60. The highest BCUT2D eigenvalue weighted by molar-refractivity contribution is 5.63. The summed E-state index contributed by atoms with van der Waals surface area (Å²) in [6, 6.07) is 5.98. The van der Waals surface area contributed by atoms with Crippen LogP contribution in [-0.2, 0) is 6.42 Å². The van der Waals surface area contributed by atoms with Crippen LogP contribution in [-0.4, -0.2) is 28.8 Å². The average Bonchev–Trinajstić information content (AvgIpc) is 2.39. The first-order valence-electron chi connectivity index (χ1n) is 6.24. The summed E-state index contributed by atoms with van der Waals surface area (Å²) in [7, 11) is 1.68. The summed E-state index contributed by atoms with van der Waals surface area (Å²) in [6.45, 7) is 4.10. The minimum atomic E-state index is 0.0596. The van der Waals surface area contributed by atoms with Gasteiger partial charge in [0.2, 0.25) is 0 Å². The molecule has 0 aliphatic carbocycles. The monoisotopic (exact) mass is 258 g/mol. The highest BCUT2D eigenvalue weighted by atomic mass is 16.5. The van der Waals surface area contributed by atoms with Crippen LogP contribution in [0.15, 0.2) is 24.4 Å². The molecular formula is C15H18N2O2. The fourth-order valence-electron chi connectivity index (χ4n) is 2.20. The van der Waals surface area contributed by atoms with Crippen molar-refractivity contribution < 1.29 is 9.84 Å². The van der Waals surface area contributed by atoms with Gasteiger partial charge in [-0.1, -0.05) is 0 Å². The Morgan fingerprint density at radius 2 is 1.89 bits per heavy atom. The second-order valence-electron chi connectivity index (χ2n) is 4.48. The van der Waals surface area contributed by atoms with Gasteiger partial charge >= 0.3 is 0 Å². The van der Waals surface area contributed by atoms with Crippen molar-refractivity contribution in [2.45, 2.75) is 20.3 Å². The molecule has 0 spiro atoms. The lowest BCUT2D eigenvalue weighted by Gasteiger charge is -2.11. The summed E-state index contributed by atoms with van der Waals surface area (Å²) in [5.41, 5.74) is 4.07. The van der Waals surface area contributed by atoms with Crippen molar-refractivity contribution in [3.8, 4) is 17.0 Å². The second kappa shape index (κ2) is 5.80. The number of aromatic nitrogens is 2. The Morgan fingerprint density at radius 1 is 1.21 bits per heavy atom. The normalized spacial score (nSPS) is 10.5. The molecule has 0 bridgehead atoms. The molecule has 100 valence electrons. The lowest BCUT2D eigenvalue weighted by molar-refractivity contribution is 0.296. The number of aliphatic hydroxyl groups excluding tert-OH is 1. The van der Waals surface area contributed by atoms with E-state index < -0.39 is 0 Å². The predicted molar refractivity (Wildman–Crippen MR) is 74.3 cm³/mol. The van der Waals surface area contributed by atoms with E-state index in [1.54, 1.807) is 13.3 Å². The molecule has 0 fully saturated rings. The zero-order chi connectivity index (χ0) is 13.8. The van der Waals surface area contributed by atoms with Crippen LogP contribution in [0.2, 0.25) is 0 Å². The van der Waals surface area contributed by atoms with Crippen LogP contribution in [0, 0.1) is 13.8 Å². The van der Waals surface area contributed by atoms with Gasteiger partial charge in [0.15, 0.2) is 0 Å². The van der Waals surface area contributed by atoms with E-state index >= 15 is 0 Å². The number of hydrogen-bond acceptors (Lipinski definition) is 4. The first-order valence-corrected chi connectivity index (χ1v) is 6.24. The number of aryl methyl sites for hydroxylation is 2. The largest absolute Gasteiger partial charge is 0.496 e. The van der Waals surface area contributed by atoms with E-state index in [9.17, 15) is 0 Å². The zero-order valence-electron chi connectivity index (χ0n) is 11.5. The highest BCUT2D eigenvalue weighted by Crippen LogP contribution is 2.28. The average molecular weight is 258 g/mol. The van der Waals surface area contributed by atoms with Crippen LogP contribution in [0.25, 0.3) is 11.3 Å². The van der Waals surface area contributed by atoms with Crippen molar-refractivity contribution in [3.05, 3.63) is 41.3 Å². The van der Waals surface area contributed by atoms with Gasteiger partial charge in [-0.3, -0.25) is 0 Å². The van der Waals surface area contributed by atoms with Gasteiger partial charge in [0.25, 0.3) is 0 Å². The van der Waals surface area contributed by atoms with E-state index in [2.05, 4.69) is 22.1 Å². The maximum atomic E-state index is 8.94. The standard InChI is InChI=1S/C15H18N2O2/c1-10-8-12(9-11(2)15(10)19-3)13-4-6-16-14(17-13)5-7-18/h4,6,8-9,18H,5,7H2,1-3H3. The number of nitrogens with zero attached hydrogens (tertiary/aromatic N) is 2. The van der Waals surface area contributed by atoms with Crippen LogP contribution in [0.1, 0.15) is 17.0 Å². The van der Waals surface area contributed by atoms with E-state index in [1.165, 1.54) is 0 Å². The molecule has 2 rings (SSSR count). The van der Waals surface area contributed by atoms with Crippen molar-refractivity contribution in [1.29, 1.82) is 0 Å². The van der Waals surface area contributed by atoms with Crippen LogP contribution in [0.5, 0.6) is 5.75 Å². The Labute approximate surface area is 113 Å². The fraction of sp³-hybridized carbons (Fsp3) is 0.333. The third-order valence-corrected chi connectivity index (χ3v) is 3.00. The van der Waals surface area contributed by atoms with Crippen molar-refractivity contribution in [2.75, 3.05) is 13.7 Å². The van der Waals surface area contributed by atoms with E-state index in [-0.39, 0.29) is 6.61 Å². The molecule has 0 aliphatic heterocycles. The first kappa shape index (κ1) is 13.5. The Bertz CT molecular complexity index is 559. The first-order chi connectivity index (χ1) is 9.15. The zero-order valence-corrected chi connectivity index (χ0v) is 11.5. The van der Waals surface area contributed by atoms with Gasteiger partial charge in [-0.2, -0.15) is 0 Å². The second-order valence-corrected chi connectivity index (χ2v) is 4.48. The van der Waals surface area contributed by atoms with Crippen molar-refractivity contribution in [2.24, 2.45) is 0 Å². The Hall–Kier alpha value is -1.94. The summed E-state index contributed by atoms with van der Waals surface area (Å²) in [5, 5.41) is 8.94. The highest BCUT2D eigenvalue weighted by Gasteiger charge is 2.08. The van der Waals surface area contributed by atoms with Crippen LogP contribution < -0.4 is 4.74 Å². The number of ether oxygens (including phenoxy) is 1. The number of benzene rings is 1. The van der Waals surface area contributed by atoms with Gasteiger partial charge in [0.05, 0.1) is 19.4 Å². The maximum Gasteiger partial charge on any atom is 0.131 e. The van der Waals surface area contributed by atoms with Crippen LogP contribution in [0.4, 0.5) is 0 Å². The molecule has 1 N–H and O–H groups in total. The van der Waals surface area contributed by atoms with Gasteiger partial charge < -0.3 is 9.84 Å². The van der Waals surface area contributed by atoms with Crippen LogP contribution in [0.3, 0.4) is 0 Å². The summed E-state index contributed by atoms with van der Waals surface area (Å²) < 4.78 is 5.36. The summed E-state index contributed by atoms with van der Waals surface area (Å²) >= 11 is 0. The van der Waals surface area contributed by atoms with Crippen LogP contribution >= 0.6 is 0 Å². The summed E-state index contributed by atoms with van der Waals surface area (Å²) in [5.74, 6) is 1.57. The van der Waals surface area contributed by atoms with E-state index in [1.807, 2.05) is 19.9 Å². The molecule has 1 aromatic carbocycles. The molecular weight excluding hydrogens is 240 g/mol. The lowest BCUT2D eigenvalue weighted by Crippen LogP contribution is -2.00.